The molecular weight excluding hydrogens is 452 g/mol. The van der Waals surface area contributed by atoms with Crippen molar-refractivity contribution < 1.29 is 22.7 Å². The number of carbonyl (C=O) groups excluding carboxylic acids is 1. The van der Waals surface area contributed by atoms with E-state index in [-0.39, 0.29) is 17.5 Å². The van der Waals surface area contributed by atoms with Crippen LogP contribution in [-0.4, -0.2) is 35.1 Å². The Morgan fingerprint density at radius 1 is 0.941 bits per heavy atom. The molecule has 0 saturated heterocycles. The first-order valence-corrected chi connectivity index (χ1v) is 12.4. The lowest BCUT2D eigenvalue weighted by atomic mass is 10.0. The zero-order valence-corrected chi connectivity index (χ0v) is 20.6. The van der Waals surface area contributed by atoms with Crippen LogP contribution in [0.25, 0.3) is 0 Å². The van der Waals surface area contributed by atoms with Crippen molar-refractivity contribution >= 4 is 21.6 Å². The SMILES string of the molecule is CCC(NC(=O)CN(c1ccccc1)S(=O)(=O)c1ccc(C)cc1)c1ccc(OC)c(OC)c1. The summed E-state index contributed by atoms with van der Waals surface area (Å²) in [5.41, 5.74) is 2.20. The summed E-state index contributed by atoms with van der Waals surface area (Å²) in [4.78, 5) is 13.2. The number of aryl methyl sites for hydroxylation is 1. The molecule has 0 aliphatic rings. The number of nitrogens with zero attached hydrogens (tertiary/aromatic N) is 1. The number of sulfonamides is 1. The molecule has 0 bridgehead atoms. The van der Waals surface area contributed by atoms with Crippen molar-refractivity contribution in [3.05, 3.63) is 83.9 Å². The van der Waals surface area contributed by atoms with Gasteiger partial charge in [-0.25, -0.2) is 8.42 Å². The van der Waals surface area contributed by atoms with E-state index in [2.05, 4.69) is 5.32 Å². The minimum absolute atomic E-state index is 0.127. The molecule has 180 valence electrons. The number of methoxy groups -OCH3 is 2. The van der Waals surface area contributed by atoms with Crippen LogP contribution in [0, 0.1) is 6.92 Å². The number of anilines is 1. The number of amides is 1. The van der Waals surface area contributed by atoms with E-state index in [0.717, 1.165) is 15.4 Å². The first kappa shape index (κ1) is 25.1. The highest BCUT2D eigenvalue weighted by Gasteiger charge is 2.28. The molecule has 1 N–H and O–H groups in total. The summed E-state index contributed by atoms with van der Waals surface area (Å²) in [6.45, 7) is 3.47. The van der Waals surface area contributed by atoms with Crippen molar-refractivity contribution in [2.45, 2.75) is 31.2 Å². The Labute approximate surface area is 201 Å². The summed E-state index contributed by atoms with van der Waals surface area (Å²) in [6.07, 6.45) is 0.608. The molecule has 0 fully saturated rings. The lowest BCUT2D eigenvalue weighted by molar-refractivity contribution is -0.120. The maximum atomic E-state index is 13.5. The van der Waals surface area contributed by atoms with Gasteiger partial charge in [0.15, 0.2) is 11.5 Å². The fourth-order valence-corrected chi connectivity index (χ4v) is 5.03. The van der Waals surface area contributed by atoms with Crippen molar-refractivity contribution in [2.24, 2.45) is 0 Å². The number of carbonyl (C=O) groups is 1. The van der Waals surface area contributed by atoms with Crippen LogP contribution in [0.4, 0.5) is 5.69 Å². The Kier molecular flexibility index (Phi) is 8.17. The molecule has 1 unspecified atom stereocenters. The van der Waals surface area contributed by atoms with Gasteiger partial charge in [0.2, 0.25) is 5.91 Å². The molecule has 3 aromatic carbocycles. The predicted octanol–water partition coefficient (Wildman–Crippen LogP) is 4.48. The van der Waals surface area contributed by atoms with Crippen LogP contribution >= 0.6 is 0 Å². The van der Waals surface area contributed by atoms with Crippen LogP contribution in [0.5, 0.6) is 11.5 Å². The van der Waals surface area contributed by atoms with Crippen LogP contribution in [0.3, 0.4) is 0 Å². The number of rotatable bonds is 10. The zero-order valence-electron chi connectivity index (χ0n) is 19.8. The first-order valence-electron chi connectivity index (χ1n) is 11.0. The minimum atomic E-state index is -3.96. The molecular formula is C26H30N2O5S. The number of nitrogens with one attached hydrogen (secondary N) is 1. The monoisotopic (exact) mass is 482 g/mol. The summed E-state index contributed by atoms with van der Waals surface area (Å²) < 4.78 is 38.7. The third kappa shape index (κ3) is 5.69. The van der Waals surface area contributed by atoms with Gasteiger partial charge in [-0.15, -0.1) is 0 Å². The normalized spacial score (nSPS) is 12.0. The van der Waals surface area contributed by atoms with Gasteiger partial charge in [-0.1, -0.05) is 48.9 Å². The van der Waals surface area contributed by atoms with Gasteiger partial charge in [-0.05, 0) is 55.3 Å². The molecule has 7 nitrogen and oxygen atoms in total. The van der Waals surface area contributed by atoms with Crippen LogP contribution in [-0.2, 0) is 14.8 Å². The number of benzene rings is 3. The Morgan fingerprint density at radius 2 is 1.59 bits per heavy atom. The molecule has 0 aromatic heterocycles. The largest absolute Gasteiger partial charge is 0.493 e. The van der Waals surface area contributed by atoms with Crippen molar-refractivity contribution in [3.63, 3.8) is 0 Å². The lowest BCUT2D eigenvalue weighted by Gasteiger charge is -2.26. The van der Waals surface area contributed by atoms with Gasteiger partial charge in [-0.3, -0.25) is 9.10 Å². The Morgan fingerprint density at radius 3 is 2.18 bits per heavy atom. The van der Waals surface area contributed by atoms with Gasteiger partial charge in [0, 0.05) is 0 Å². The van der Waals surface area contributed by atoms with E-state index in [0.29, 0.717) is 23.6 Å². The van der Waals surface area contributed by atoms with Gasteiger partial charge in [-0.2, -0.15) is 0 Å². The van der Waals surface area contributed by atoms with Crippen LogP contribution in [0.1, 0.15) is 30.5 Å². The van der Waals surface area contributed by atoms with E-state index in [4.69, 9.17) is 9.47 Å². The van der Waals surface area contributed by atoms with Crippen molar-refractivity contribution in [1.29, 1.82) is 0 Å². The third-order valence-corrected chi connectivity index (χ3v) is 7.28. The molecule has 0 radical (unpaired) electrons. The fraction of sp³-hybridized carbons (Fsp3) is 0.269. The van der Waals surface area contributed by atoms with Crippen molar-refractivity contribution in [1.82, 2.24) is 5.32 Å². The second kappa shape index (κ2) is 11.1. The Balaban J connectivity index is 1.88. The molecule has 0 heterocycles. The molecule has 34 heavy (non-hydrogen) atoms. The molecule has 3 aromatic rings. The van der Waals surface area contributed by atoms with Crippen molar-refractivity contribution in [3.8, 4) is 11.5 Å². The van der Waals surface area contributed by atoms with Gasteiger partial charge in [0.25, 0.3) is 10.0 Å². The van der Waals surface area contributed by atoms with E-state index in [1.54, 1.807) is 74.9 Å². The molecule has 0 saturated carbocycles. The lowest BCUT2D eigenvalue weighted by Crippen LogP contribution is -2.42. The molecule has 3 rings (SSSR count). The van der Waals surface area contributed by atoms with Crippen LogP contribution in [0.15, 0.2) is 77.7 Å². The average molecular weight is 483 g/mol. The number of hydrogen-bond donors (Lipinski definition) is 1. The summed E-state index contributed by atoms with van der Waals surface area (Å²) in [5, 5.41) is 2.96. The second-order valence-corrected chi connectivity index (χ2v) is 9.67. The smallest absolute Gasteiger partial charge is 0.264 e. The quantitative estimate of drug-likeness (QED) is 0.461. The van der Waals surface area contributed by atoms with Gasteiger partial charge >= 0.3 is 0 Å². The molecule has 0 aliphatic heterocycles. The average Bonchev–Trinajstić information content (AvgIpc) is 2.86. The number of hydrogen-bond acceptors (Lipinski definition) is 5. The highest BCUT2D eigenvalue weighted by atomic mass is 32.2. The third-order valence-electron chi connectivity index (χ3n) is 5.49. The summed E-state index contributed by atoms with van der Waals surface area (Å²) >= 11 is 0. The van der Waals surface area contributed by atoms with Crippen LogP contribution in [0.2, 0.25) is 0 Å². The van der Waals surface area contributed by atoms with E-state index < -0.39 is 15.9 Å². The molecule has 0 spiro atoms. The predicted molar refractivity (Wildman–Crippen MR) is 133 cm³/mol. The Hall–Kier alpha value is -3.52. The molecule has 1 atom stereocenters. The second-order valence-electron chi connectivity index (χ2n) is 7.80. The zero-order chi connectivity index (χ0) is 24.7. The van der Waals surface area contributed by atoms with E-state index >= 15 is 0 Å². The molecule has 1 amide bonds. The van der Waals surface area contributed by atoms with E-state index in [1.165, 1.54) is 0 Å². The van der Waals surface area contributed by atoms with E-state index in [9.17, 15) is 13.2 Å². The van der Waals surface area contributed by atoms with E-state index in [1.807, 2.05) is 26.0 Å². The van der Waals surface area contributed by atoms with Crippen molar-refractivity contribution in [2.75, 3.05) is 25.1 Å². The summed E-state index contributed by atoms with van der Waals surface area (Å²) in [6, 6.07) is 20.3. The summed E-state index contributed by atoms with van der Waals surface area (Å²) in [5.74, 6) is 0.730. The minimum Gasteiger partial charge on any atom is -0.493 e. The topological polar surface area (TPSA) is 84.9 Å². The number of ether oxygens (including phenoxy) is 2. The van der Waals surface area contributed by atoms with Gasteiger partial charge in [0.05, 0.1) is 30.8 Å². The van der Waals surface area contributed by atoms with Gasteiger partial charge in [0.1, 0.15) is 6.54 Å². The summed E-state index contributed by atoms with van der Waals surface area (Å²) in [7, 11) is -0.848. The van der Waals surface area contributed by atoms with Crippen LogP contribution < -0.4 is 19.1 Å². The Bertz CT molecular complexity index is 1210. The first-order chi connectivity index (χ1) is 16.3. The van der Waals surface area contributed by atoms with Gasteiger partial charge < -0.3 is 14.8 Å². The highest BCUT2D eigenvalue weighted by molar-refractivity contribution is 7.92. The number of para-hydroxylation sites is 1. The molecule has 8 heteroatoms. The maximum Gasteiger partial charge on any atom is 0.264 e. The standard InChI is InChI=1S/C26H30N2O5S/c1-5-23(20-13-16-24(32-3)25(17-20)33-4)27-26(29)18-28(21-9-7-6-8-10-21)34(30,31)22-14-11-19(2)12-15-22/h6-17,23H,5,18H2,1-4H3,(H,27,29). The fourth-order valence-electron chi connectivity index (χ4n) is 3.61. The highest BCUT2D eigenvalue weighted by Crippen LogP contribution is 2.31. The maximum absolute atomic E-state index is 13.5. The molecule has 0 aliphatic carbocycles.